The summed E-state index contributed by atoms with van der Waals surface area (Å²) in [5.74, 6) is 0.895. The molecule has 112 valence electrons. The van der Waals surface area contributed by atoms with Crippen LogP contribution in [0.3, 0.4) is 0 Å². The molecule has 0 saturated heterocycles. The van der Waals surface area contributed by atoms with Crippen LogP contribution in [-0.4, -0.2) is 13.7 Å². The molecule has 0 fully saturated rings. The molecule has 1 unspecified atom stereocenters. The fraction of sp³-hybridized carbons (Fsp3) is 0.294. The van der Waals surface area contributed by atoms with Gasteiger partial charge in [0.15, 0.2) is 0 Å². The van der Waals surface area contributed by atoms with Crippen molar-refractivity contribution in [1.29, 1.82) is 0 Å². The lowest BCUT2D eigenvalue weighted by molar-refractivity contribution is 0.413. The van der Waals surface area contributed by atoms with E-state index < -0.39 is 0 Å². The Bertz CT molecular complexity index is 603. The summed E-state index contributed by atoms with van der Waals surface area (Å²) in [6.45, 7) is 3.08. The highest BCUT2D eigenvalue weighted by molar-refractivity contribution is 14.1. The molecule has 0 aliphatic heterocycles. The van der Waals surface area contributed by atoms with E-state index in [1.54, 1.807) is 7.11 Å². The molecule has 2 rings (SSSR count). The fourth-order valence-corrected chi connectivity index (χ4v) is 3.52. The SMILES string of the molecule is CCNC(Cc1cc(OC)ccc1Br)c1ccccc1I. The van der Waals surface area contributed by atoms with Gasteiger partial charge in [0, 0.05) is 14.1 Å². The van der Waals surface area contributed by atoms with Crippen molar-refractivity contribution >= 4 is 38.5 Å². The van der Waals surface area contributed by atoms with E-state index >= 15 is 0 Å². The molecule has 0 spiro atoms. The Balaban J connectivity index is 2.30. The summed E-state index contributed by atoms with van der Waals surface area (Å²) in [5.41, 5.74) is 2.59. The van der Waals surface area contributed by atoms with Gasteiger partial charge in [-0.1, -0.05) is 41.1 Å². The van der Waals surface area contributed by atoms with Gasteiger partial charge in [-0.2, -0.15) is 0 Å². The number of hydrogen-bond acceptors (Lipinski definition) is 2. The van der Waals surface area contributed by atoms with E-state index in [9.17, 15) is 0 Å². The molecule has 0 saturated carbocycles. The Morgan fingerprint density at radius 1 is 1.24 bits per heavy atom. The topological polar surface area (TPSA) is 21.3 Å². The van der Waals surface area contributed by atoms with Gasteiger partial charge in [-0.3, -0.25) is 0 Å². The van der Waals surface area contributed by atoms with Gasteiger partial charge in [-0.15, -0.1) is 0 Å². The molecule has 0 amide bonds. The first-order valence-corrected chi connectivity index (χ1v) is 8.83. The molecule has 1 N–H and O–H groups in total. The molecule has 2 nitrogen and oxygen atoms in total. The third-order valence-electron chi connectivity index (χ3n) is 3.41. The summed E-state index contributed by atoms with van der Waals surface area (Å²) in [4.78, 5) is 0. The lowest BCUT2D eigenvalue weighted by Gasteiger charge is -2.21. The Morgan fingerprint density at radius 3 is 2.67 bits per heavy atom. The van der Waals surface area contributed by atoms with E-state index in [2.05, 4.69) is 81.1 Å². The number of nitrogens with one attached hydrogen (secondary N) is 1. The Morgan fingerprint density at radius 2 is 2.00 bits per heavy atom. The summed E-state index contributed by atoms with van der Waals surface area (Å²) < 4.78 is 7.75. The minimum Gasteiger partial charge on any atom is -0.497 e. The van der Waals surface area contributed by atoms with Crippen LogP contribution < -0.4 is 10.1 Å². The third-order valence-corrected chi connectivity index (χ3v) is 5.16. The van der Waals surface area contributed by atoms with Gasteiger partial charge in [0.25, 0.3) is 0 Å². The highest BCUT2D eigenvalue weighted by atomic mass is 127. The predicted molar refractivity (Wildman–Crippen MR) is 100.0 cm³/mol. The maximum absolute atomic E-state index is 5.34. The van der Waals surface area contributed by atoms with Crippen molar-refractivity contribution in [2.45, 2.75) is 19.4 Å². The van der Waals surface area contributed by atoms with Crippen LogP contribution in [0.15, 0.2) is 46.9 Å². The molecule has 1 atom stereocenters. The van der Waals surface area contributed by atoms with Crippen molar-refractivity contribution in [3.63, 3.8) is 0 Å². The third kappa shape index (κ3) is 4.44. The van der Waals surface area contributed by atoms with Crippen LogP contribution in [0.25, 0.3) is 0 Å². The van der Waals surface area contributed by atoms with Crippen molar-refractivity contribution < 1.29 is 4.74 Å². The summed E-state index contributed by atoms with van der Waals surface area (Å²) in [6, 6.07) is 15.0. The molecule has 21 heavy (non-hydrogen) atoms. The minimum atomic E-state index is 0.298. The van der Waals surface area contributed by atoms with Crippen LogP contribution >= 0.6 is 38.5 Å². The Labute approximate surface area is 148 Å². The molecule has 2 aromatic carbocycles. The van der Waals surface area contributed by atoms with E-state index in [1.165, 1.54) is 14.7 Å². The van der Waals surface area contributed by atoms with Crippen molar-refractivity contribution in [2.75, 3.05) is 13.7 Å². The van der Waals surface area contributed by atoms with E-state index in [0.29, 0.717) is 6.04 Å². The number of benzene rings is 2. The van der Waals surface area contributed by atoms with E-state index in [1.807, 2.05) is 12.1 Å². The predicted octanol–water partition coefficient (Wildman–Crippen LogP) is 4.96. The summed E-state index contributed by atoms with van der Waals surface area (Å²) in [7, 11) is 1.70. The van der Waals surface area contributed by atoms with Crippen LogP contribution in [-0.2, 0) is 6.42 Å². The molecular formula is C17H19BrINO. The molecule has 0 radical (unpaired) electrons. The highest BCUT2D eigenvalue weighted by Crippen LogP contribution is 2.29. The van der Waals surface area contributed by atoms with Crippen LogP contribution in [0.5, 0.6) is 5.75 Å². The van der Waals surface area contributed by atoms with Crippen LogP contribution in [0.1, 0.15) is 24.1 Å². The van der Waals surface area contributed by atoms with Gasteiger partial charge in [0.2, 0.25) is 0 Å². The molecule has 0 heterocycles. The summed E-state index contributed by atoms with van der Waals surface area (Å²) in [5, 5.41) is 3.59. The lowest BCUT2D eigenvalue weighted by Crippen LogP contribution is -2.24. The molecule has 0 aromatic heterocycles. The van der Waals surface area contributed by atoms with Crippen molar-refractivity contribution in [3.8, 4) is 5.75 Å². The highest BCUT2D eigenvalue weighted by Gasteiger charge is 2.15. The van der Waals surface area contributed by atoms with Gasteiger partial charge >= 0.3 is 0 Å². The molecule has 4 heteroatoms. The lowest BCUT2D eigenvalue weighted by atomic mass is 9.98. The number of halogens is 2. The van der Waals surface area contributed by atoms with E-state index in [4.69, 9.17) is 4.74 Å². The number of rotatable bonds is 6. The normalized spacial score (nSPS) is 12.2. The largest absolute Gasteiger partial charge is 0.497 e. The zero-order chi connectivity index (χ0) is 15.2. The van der Waals surface area contributed by atoms with Crippen molar-refractivity contribution in [1.82, 2.24) is 5.32 Å². The summed E-state index contributed by atoms with van der Waals surface area (Å²) in [6.07, 6.45) is 0.922. The average molecular weight is 460 g/mol. The summed E-state index contributed by atoms with van der Waals surface area (Å²) >= 11 is 6.05. The fourth-order valence-electron chi connectivity index (χ4n) is 2.35. The minimum absolute atomic E-state index is 0.298. The second-order valence-corrected chi connectivity index (χ2v) is 6.81. The zero-order valence-electron chi connectivity index (χ0n) is 12.2. The van der Waals surface area contributed by atoms with Crippen LogP contribution in [0.4, 0.5) is 0 Å². The van der Waals surface area contributed by atoms with Gasteiger partial charge < -0.3 is 10.1 Å². The van der Waals surface area contributed by atoms with E-state index in [0.717, 1.165) is 23.2 Å². The number of hydrogen-bond donors (Lipinski definition) is 1. The molecule has 0 bridgehead atoms. The molecule has 0 aliphatic rings. The zero-order valence-corrected chi connectivity index (χ0v) is 15.9. The van der Waals surface area contributed by atoms with Gasteiger partial charge in [0.05, 0.1) is 7.11 Å². The average Bonchev–Trinajstić information content (AvgIpc) is 2.49. The maximum Gasteiger partial charge on any atom is 0.119 e. The number of likely N-dealkylation sites (N-methyl/N-ethyl adjacent to an activating group) is 1. The molecular weight excluding hydrogens is 441 g/mol. The Hall–Kier alpha value is -0.590. The molecule has 2 aromatic rings. The smallest absolute Gasteiger partial charge is 0.119 e. The van der Waals surface area contributed by atoms with Crippen LogP contribution in [0.2, 0.25) is 0 Å². The van der Waals surface area contributed by atoms with Gasteiger partial charge in [-0.05, 0) is 70.9 Å². The second kappa shape index (κ2) is 8.15. The molecule has 0 aliphatic carbocycles. The maximum atomic E-state index is 5.34. The number of methoxy groups -OCH3 is 1. The van der Waals surface area contributed by atoms with Crippen molar-refractivity contribution in [3.05, 3.63) is 61.6 Å². The van der Waals surface area contributed by atoms with Crippen molar-refractivity contribution in [2.24, 2.45) is 0 Å². The monoisotopic (exact) mass is 459 g/mol. The standard InChI is InChI=1S/C17H19BrINO/c1-3-20-17(14-6-4-5-7-16(14)19)11-12-10-13(21-2)8-9-15(12)18/h4-10,17,20H,3,11H2,1-2H3. The quantitative estimate of drug-likeness (QED) is 0.616. The first-order chi connectivity index (χ1) is 10.2. The second-order valence-electron chi connectivity index (χ2n) is 4.79. The Kier molecular flexibility index (Phi) is 6.51. The first kappa shape index (κ1) is 16.8. The van der Waals surface area contributed by atoms with Gasteiger partial charge in [-0.25, -0.2) is 0 Å². The van der Waals surface area contributed by atoms with E-state index in [-0.39, 0.29) is 0 Å². The first-order valence-electron chi connectivity index (χ1n) is 6.96. The number of ether oxygens (including phenoxy) is 1. The van der Waals surface area contributed by atoms with Crippen LogP contribution in [0, 0.1) is 3.57 Å². The van der Waals surface area contributed by atoms with Gasteiger partial charge in [0.1, 0.15) is 5.75 Å².